The van der Waals surface area contributed by atoms with Gasteiger partial charge in [-0.3, -0.25) is 14.5 Å². The van der Waals surface area contributed by atoms with Crippen molar-refractivity contribution >= 4 is 56.5 Å². The molecule has 41 heavy (non-hydrogen) atoms. The highest BCUT2D eigenvalue weighted by atomic mass is 32.1. The summed E-state index contributed by atoms with van der Waals surface area (Å²) in [5.74, 6) is 0.426. The zero-order valence-electron chi connectivity index (χ0n) is 22.8. The van der Waals surface area contributed by atoms with Gasteiger partial charge in [0.2, 0.25) is 0 Å². The number of benzene rings is 1. The van der Waals surface area contributed by atoms with Crippen LogP contribution in [0.3, 0.4) is 0 Å². The Kier molecular flexibility index (Phi) is 7.09. The number of nitrogens with one attached hydrogen (secondary N) is 2. The second-order valence-corrected chi connectivity index (χ2v) is 11.8. The van der Waals surface area contributed by atoms with Crippen molar-refractivity contribution in [2.24, 2.45) is 5.92 Å². The van der Waals surface area contributed by atoms with Gasteiger partial charge >= 0.3 is 6.03 Å². The molecule has 0 bridgehead atoms. The molecule has 2 fully saturated rings. The van der Waals surface area contributed by atoms with Crippen LogP contribution in [0.1, 0.15) is 49.2 Å². The van der Waals surface area contributed by atoms with E-state index in [9.17, 15) is 19.6 Å². The molecule has 1 saturated heterocycles. The first-order valence-electron chi connectivity index (χ1n) is 13.8. The van der Waals surface area contributed by atoms with Crippen LogP contribution in [-0.4, -0.2) is 53.0 Å². The van der Waals surface area contributed by atoms with E-state index in [1.54, 1.807) is 28.1 Å². The predicted octanol–water partition coefficient (Wildman–Crippen LogP) is 5.35. The molecular weight excluding hydrogens is 540 g/mol. The molecule has 2 aliphatic heterocycles. The van der Waals surface area contributed by atoms with E-state index >= 15 is 0 Å². The molecule has 0 unspecified atom stereocenters. The molecule has 2 aromatic heterocycles. The van der Waals surface area contributed by atoms with E-state index < -0.39 is 0 Å². The molecule has 4 heterocycles. The lowest BCUT2D eigenvalue weighted by Crippen LogP contribution is -2.50. The zero-order chi connectivity index (χ0) is 28.7. The molecule has 2 N–H and O–H groups in total. The Balaban J connectivity index is 1.23. The summed E-state index contributed by atoms with van der Waals surface area (Å²) in [5.41, 5.74) is 1.92. The number of carbonyl (C=O) groups is 3. The highest BCUT2D eigenvalue weighted by Crippen LogP contribution is 2.45. The number of ether oxygens (including phenoxy) is 1. The number of rotatable bonds is 7. The largest absolute Gasteiger partial charge is 0.491 e. The summed E-state index contributed by atoms with van der Waals surface area (Å²) < 4.78 is 5.73. The molecule has 0 spiro atoms. The summed E-state index contributed by atoms with van der Waals surface area (Å²) in [6.45, 7) is 4.78. The lowest BCUT2D eigenvalue weighted by Gasteiger charge is -2.33. The van der Waals surface area contributed by atoms with Crippen LogP contribution in [0.2, 0.25) is 0 Å². The smallest absolute Gasteiger partial charge is 0.331 e. The van der Waals surface area contributed by atoms with Crippen molar-refractivity contribution in [3.05, 3.63) is 53.1 Å². The quantitative estimate of drug-likeness (QED) is 0.291. The van der Waals surface area contributed by atoms with Crippen LogP contribution in [0.5, 0.6) is 5.75 Å². The number of hydrogen-bond acceptors (Lipinski definition) is 7. The highest BCUT2D eigenvalue weighted by molar-refractivity contribution is 7.21. The Morgan fingerprint density at radius 1 is 1.22 bits per heavy atom. The molecule has 1 aromatic carbocycles. The van der Waals surface area contributed by atoms with Crippen LogP contribution in [0.25, 0.3) is 10.2 Å². The van der Waals surface area contributed by atoms with Crippen LogP contribution < -0.4 is 20.3 Å². The third-order valence-electron chi connectivity index (χ3n) is 7.34. The topological polar surface area (TPSA) is 128 Å². The van der Waals surface area contributed by atoms with Gasteiger partial charge in [0.15, 0.2) is 0 Å². The minimum absolute atomic E-state index is 0.0354. The maximum Gasteiger partial charge on any atom is 0.331 e. The molecule has 0 radical (unpaired) electrons. The molecule has 4 amide bonds. The van der Waals surface area contributed by atoms with Crippen LogP contribution >= 0.6 is 11.3 Å². The monoisotopic (exact) mass is 570 g/mol. The molecule has 1 saturated carbocycles. The first kappa shape index (κ1) is 26.8. The number of aromatic nitrogens is 1. The molecule has 6 rings (SSSR count). The Morgan fingerprint density at radius 2 is 2.00 bits per heavy atom. The van der Waals surface area contributed by atoms with Crippen molar-refractivity contribution in [1.29, 1.82) is 5.26 Å². The van der Waals surface area contributed by atoms with Crippen LogP contribution in [0, 0.1) is 17.2 Å². The molecule has 11 heteroatoms. The number of urea groups is 1. The molecule has 10 nitrogen and oxygen atoms in total. The molecular formula is C30H30N6O4S. The number of piperidine rings is 1. The van der Waals surface area contributed by atoms with E-state index in [2.05, 4.69) is 21.7 Å². The number of anilines is 3. The van der Waals surface area contributed by atoms with Gasteiger partial charge in [-0.1, -0.05) is 6.08 Å². The fourth-order valence-electron chi connectivity index (χ4n) is 5.30. The van der Waals surface area contributed by atoms with E-state index in [1.165, 1.54) is 11.3 Å². The summed E-state index contributed by atoms with van der Waals surface area (Å²) in [5, 5.41) is 16.2. The van der Waals surface area contributed by atoms with Crippen molar-refractivity contribution in [2.75, 3.05) is 23.3 Å². The lowest BCUT2D eigenvalue weighted by atomic mass is 10.0. The number of carbonyl (C=O) groups excluding carboxylic acids is 3. The maximum atomic E-state index is 13.5. The van der Waals surface area contributed by atoms with E-state index in [4.69, 9.17) is 4.74 Å². The number of nitrogens with zero attached hydrogens (tertiary/aromatic N) is 4. The van der Waals surface area contributed by atoms with E-state index in [-0.39, 0.29) is 35.6 Å². The number of amides is 4. The lowest BCUT2D eigenvalue weighted by molar-refractivity contribution is -0.128. The summed E-state index contributed by atoms with van der Waals surface area (Å²) >= 11 is 1.22. The van der Waals surface area contributed by atoms with Gasteiger partial charge in [-0.2, -0.15) is 5.26 Å². The van der Waals surface area contributed by atoms with Crippen molar-refractivity contribution in [3.63, 3.8) is 0 Å². The first-order valence-corrected chi connectivity index (χ1v) is 14.7. The van der Waals surface area contributed by atoms with Gasteiger partial charge < -0.3 is 20.3 Å². The summed E-state index contributed by atoms with van der Waals surface area (Å²) in [7, 11) is 0. The predicted molar refractivity (Wildman–Crippen MR) is 156 cm³/mol. The van der Waals surface area contributed by atoms with Gasteiger partial charge in [-0.25, -0.2) is 9.78 Å². The highest BCUT2D eigenvalue weighted by Gasteiger charge is 2.34. The standard InChI is InChI=1S/C30H30N6O4S/c1-17(2)40-22-9-7-21(8-10-22)36-23-11-12-32-28-24(23)25(34-30(36)39)26(41-28)27(37)33-20-4-3-13-35(16-20)29(38)19(15-31)14-18-5-6-18/h7-12,14,17-18,20H,3-6,13,16H2,1-2H3,(H,33,37)(H,34,39)/b19-14+/t20-/m1/s1. The number of allylic oxidation sites excluding steroid dienone is 1. The second kappa shape index (κ2) is 10.9. The molecule has 1 aliphatic carbocycles. The Labute approximate surface area is 241 Å². The van der Waals surface area contributed by atoms with Gasteiger partial charge in [0.25, 0.3) is 11.8 Å². The summed E-state index contributed by atoms with van der Waals surface area (Å²) in [4.78, 5) is 48.6. The first-order chi connectivity index (χ1) is 19.8. The third-order valence-corrected chi connectivity index (χ3v) is 8.43. The molecule has 3 aromatic rings. The zero-order valence-corrected chi connectivity index (χ0v) is 23.7. The van der Waals surface area contributed by atoms with Crippen LogP contribution in [0.15, 0.2) is 48.2 Å². The van der Waals surface area contributed by atoms with Gasteiger partial charge in [0, 0.05) is 25.3 Å². The average molecular weight is 571 g/mol. The minimum Gasteiger partial charge on any atom is -0.491 e. The molecule has 1 atom stereocenters. The molecule has 210 valence electrons. The van der Waals surface area contributed by atoms with E-state index in [1.807, 2.05) is 38.1 Å². The second-order valence-electron chi connectivity index (χ2n) is 10.8. The van der Waals surface area contributed by atoms with Crippen molar-refractivity contribution in [3.8, 4) is 11.8 Å². The Hall–Kier alpha value is -4.43. The van der Waals surface area contributed by atoms with Crippen LogP contribution in [-0.2, 0) is 4.79 Å². The third kappa shape index (κ3) is 5.35. The SMILES string of the molecule is CC(C)Oc1ccc(N2C(=O)Nc3c(C(=O)N[C@@H]4CCCN(C(=O)/C(C#N)=C/C5CC5)C4)sc4nccc2c34)cc1. The minimum atomic E-state index is -0.379. The van der Waals surface area contributed by atoms with E-state index in [0.717, 1.165) is 19.3 Å². The number of nitriles is 1. The number of likely N-dealkylation sites (tertiary alicyclic amines) is 1. The number of pyridine rings is 1. The summed E-state index contributed by atoms with van der Waals surface area (Å²) in [6, 6.07) is 10.5. The Morgan fingerprint density at radius 3 is 2.71 bits per heavy atom. The van der Waals surface area contributed by atoms with Crippen molar-refractivity contribution < 1.29 is 19.1 Å². The number of hydrogen-bond donors (Lipinski definition) is 2. The fraction of sp³-hybridized carbons (Fsp3) is 0.367. The van der Waals surface area contributed by atoms with Gasteiger partial charge in [0.05, 0.1) is 28.6 Å². The average Bonchev–Trinajstić information content (AvgIpc) is 3.71. The summed E-state index contributed by atoms with van der Waals surface area (Å²) in [6.07, 6.45) is 6.90. The van der Waals surface area contributed by atoms with Crippen molar-refractivity contribution in [1.82, 2.24) is 15.2 Å². The fourth-order valence-corrected chi connectivity index (χ4v) is 6.32. The van der Waals surface area contributed by atoms with E-state index in [0.29, 0.717) is 63.3 Å². The normalized spacial score (nSPS) is 18.7. The molecule has 3 aliphatic rings. The Bertz CT molecular complexity index is 1600. The van der Waals surface area contributed by atoms with Gasteiger partial charge in [-0.15, -0.1) is 11.3 Å². The number of thiophene rings is 1. The van der Waals surface area contributed by atoms with Gasteiger partial charge in [-0.05, 0) is 75.8 Å². The van der Waals surface area contributed by atoms with Crippen molar-refractivity contribution in [2.45, 2.75) is 51.7 Å². The van der Waals surface area contributed by atoms with Crippen LogP contribution in [0.4, 0.5) is 21.9 Å². The maximum absolute atomic E-state index is 13.5. The van der Waals surface area contributed by atoms with Gasteiger partial charge in [0.1, 0.15) is 27.1 Å².